The summed E-state index contributed by atoms with van der Waals surface area (Å²) in [5.41, 5.74) is 0. The number of hydrogen-bond acceptors (Lipinski definition) is 3. The van der Waals surface area contributed by atoms with Crippen LogP contribution in [-0.4, -0.2) is 59.0 Å². The summed E-state index contributed by atoms with van der Waals surface area (Å²) >= 11 is 0. The van der Waals surface area contributed by atoms with Gasteiger partial charge in [-0.25, -0.2) is 0 Å². The van der Waals surface area contributed by atoms with Gasteiger partial charge < -0.3 is 10.0 Å². The Morgan fingerprint density at radius 1 is 1.12 bits per heavy atom. The monoisotopic (exact) mass is 242 g/mol. The Labute approximate surface area is 102 Å². The van der Waals surface area contributed by atoms with E-state index in [0.29, 0.717) is 13.1 Å². The first-order valence-corrected chi connectivity index (χ1v) is 6.16. The van der Waals surface area contributed by atoms with Crippen molar-refractivity contribution >= 4 is 11.9 Å². The zero-order valence-corrected chi connectivity index (χ0v) is 10.8. The molecule has 0 radical (unpaired) electrons. The molecule has 1 N–H and O–H groups in total. The summed E-state index contributed by atoms with van der Waals surface area (Å²) in [7, 11) is 0. The highest BCUT2D eigenvalue weighted by Gasteiger charge is 2.30. The van der Waals surface area contributed by atoms with Crippen molar-refractivity contribution in [2.24, 2.45) is 5.92 Å². The Balaban J connectivity index is 2.66. The molecule has 1 amide bonds. The highest BCUT2D eigenvalue weighted by molar-refractivity contribution is 5.74. The lowest BCUT2D eigenvalue weighted by Gasteiger charge is -2.30. The number of nitrogens with zero attached hydrogens (tertiary/aromatic N) is 2. The molecule has 0 saturated carbocycles. The van der Waals surface area contributed by atoms with Crippen molar-refractivity contribution in [2.75, 3.05) is 26.2 Å². The molecule has 1 unspecified atom stereocenters. The molecule has 0 aromatic rings. The zero-order chi connectivity index (χ0) is 13.0. The van der Waals surface area contributed by atoms with Gasteiger partial charge >= 0.3 is 5.97 Å². The SMILES string of the molecule is CC(=O)N1CCCN(C(C(=O)O)C(C)C)CC1. The summed E-state index contributed by atoms with van der Waals surface area (Å²) in [5, 5.41) is 9.24. The van der Waals surface area contributed by atoms with E-state index < -0.39 is 12.0 Å². The molecule has 1 saturated heterocycles. The third kappa shape index (κ3) is 3.70. The predicted octanol–water partition coefficient (Wildman–Crippen LogP) is 0.650. The van der Waals surface area contributed by atoms with Gasteiger partial charge in [-0.15, -0.1) is 0 Å². The fourth-order valence-electron chi connectivity index (χ4n) is 2.39. The second-order valence-electron chi connectivity index (χ2n) is 4.92. The molecule has 17 heavy (non-hydrogen) atoms. The van der Waals surface area contributed by atoms with Crippen LogP contribution in [0.1, 0.15) is 27.2 Å². The number of rotatable bonds is 3. The number of hydrogen-bond donors (Lipinski definition) is 1. The molecule has 1 fully saturated rings. The lowest BCUT2D eigenvalue weighted by atomic mass is 10.0. The predicted molar refractivity (Wildman–Crippen MR) is 64.7 cm³/mol. The molecule has 1 rings (SSSR count). The number of aliphatic carboxylic acids is 1. The first-order chi connectivity index (χ1) is 7.93. The first kappa shape index (κ1) is 14.0. The van der Waals surface area contributed by atoms with Gasteiger partial charge in [0, 0.05) is 33.1 Å². The zero-order valence-electron chi connectivity index (χ0n) is 10.8. The molecule has 0 aromatic carbocycles. The molecular weight excluding hydrogens is 220 g/mol. The van der Waals surface area contributed by atoms with Crippen LogP contribution < -0.4 is 0 Å². The van der Waals surface area contributed by atoms with Crippen molar-refractivity contribution in [1.82, 2.24) is 9.80 Å². The van der Waals surface area contributed by atoms with Crippen LogP contribution >= 0.6 is 0 Å². The van der Waals surface area contributed by atoms with Gasteiger partial charge in [0.25, 0.3) is 0 Å². The maximum absolute atomic E-state index is 11.3. The van der Waals surface area contributed by atoms with Crippen LogP contribution in [0, 0.1) is 5.92 Å². The Kier molecular flexibility index (Phi) is 4.93. The average Bonchev–Trinajstić information content (AvgIpc) is 2.42. The maximum Gasteiger partial charge on any atom is 0.321 e. The van der Waals surface area contributed by atoms with E-state index in [1.165, 1.54) is 0 Å². The molecular formula is C12H22N2O3. The van der Waals surface area contributed by atoms with Crippen molar-refractivity contribution in [1.29, 1.82) is 0 Å². The minimum Gasteiger partial charge on any atom is -0.480 e. The highest BCUT2D eigenvalue weighted by Crippen LogP contribution is 2.14. The Hall–Kier alpha value is -1.10. The fourth-order valence-corrected chi connectivity index (χ4v) is 2.39. The van der Waals surface area contributed by atoms with E-state index in [1.807, 2.05) is 18.7 Å². The molecule has 0 aliphatic carbocycles. The molecule has 0 bridgehead atoms. The lowest BCUT2D eigenvalue weighted by molar-refractivity contribution is -0.145. The van der Waals surface area contributed by atoms with Crippen LogP contribution in [0.5, 0.6) is 0 Å². The van der Waals surface area contributed by atoms with Crippen molar-refractivity contribution in [2.45, 2.75) is 33.2 Å². The number of carboxylic acids is 1. The Bertz CT molecular complexity index is 291. The van der Waals surface area contributed by atoms with E-state index in [-0.39, 0.29) is 11.8 Å². The normalized spacial score (nSPS) is 20.1. The molecule has 1 aliphatic heterocycles. The number of carboxylic acid groups (broad SMARTS) is 1. The van der Waals surface area contributed by atoms with Gasteiger partial charge in [0.1, 0.15) is 6.04 Å². The van der Waals surface area contributed by atoms with Gasteiger partial charge in [-0.2, -0.15) is 0 Å². The molecule has 0 spiro atoms. The van der Waals surface area contributed by atoms with Gasteiger partial charge in [0.15, 0.2) is 0 Å². The van der Waals surface area contributed by atoms with Crippen LogP contribution in [-0.2, 0) is 9.59 Å². The van der Waals surface area contributed by atoms with Gasteiger partial charge in [-0.3, -0.25) is 14.5 Å². The largest absolute Gasteiger partial charge is 0.480 e. The summed E-state index contributed by atoms with van der Waals surface area (Å²) < 4.78 is 0. The van der Waals surface area contributed by atoms with Gasteiger partial charge in [0.05, 0.1) is 0 Å². The minimum atomic E-state index is -0.767. The van der Waals surface area contributed by atoms with E-state index in [4.69, 9.17) is 0 Å². The minimum absolute atomic E-state index is 0.0725. The van der Waals surface area contributed by atoms with Crippen molar-refractivity contribution in [3.05, 3.63) is 0 Å². The number of carbonyl (C=O) groups excluding carboxylic acids is 1. The van der Waals surface area contributed by atoms with E-state index in [0.717, 1.165) is 19.5 Å². The first-order valence-electron chi connectivity index (χ1n) is 6.16. The fraction of sp³-hybridized carbons (Fsp3) is 0.833. The summed E-state index contributed by atoms with van der Waals surface area (Å²) in [5.74, 6) is -0.615. The quantitative estimate of drug-likeness (QED) is 0.789. The highest BCUT2D eigenvalue weighted by atomic mass is 16.4. The molecule has 5 nitrogen and oxygen atoms in total. The van der Waals surface area contributed by atoms with E-state index in [9.17, 15) is 14.7 Å². The van der Waals surface area contributed by atoms with Crippen molar-refractivity contribution in [3.63, 3.8) is 0 Å². The molecule has 5 heteroatoms. The number of carbonyl (C=O) groups is 2. The molecule has 1 atom stereocenters. The third-order valence-corrected chi connectivity index (χ3v) is 3.25. The van der Waals surface area contributed by atoms with Crippen LogP contribution in [0.3, 0.4) is 0 Å². The van der Waals surface area contributed by atoms with Gasteiger partial charge in [-0.05, 0) is 12.3 Å². The Morgan fingerprint density at radius 2 is 1.76 bits per heavy atom. The van der Waals surface area contributed by atoms with Crippen LogP contribution in [0.4, 0.5) is 0 Å². The van der Waals surface area contributed by atoms with Gasteiger partial charge in [0.2, 0.25) is 5.91 Å². The molecule has 0 aromatic heterocycles. The van der Waals surface area contributed by atoms with Crippen molar-refractivity contribution in [3.8, 4) is 0 Å². The lowest BCUT2D eigenvalue weighted by Crippen LogP contribution is -2.46. The van der Waals surface area contributed by atoms with Crippen LogP contribution in [0.25, 0.3) is 0 Å². The standard InChI is InChI=1S/C12H22N2O3/c1-9(2)11(12(16)17)14-6-4-5-13(7-8-14)10(3)15/h9,11H,4-8H2,1-3H3,(H,16,17). The van der Waals surface area contributed by atoms with Crippen molar-refractivity contribution < 1.29 is 14.7 Å². The summed E-state index contributed by atoms with van der Waals surface area (Å²) in [6, 6.07) is -0.443. The smallest absolute Gasteiger partial charge is 0.321 e. The second-order valence-corrected chi connectivity index (χ2v) is 4.92. The van der Waals surface area contributed by atoms with Crippen LogP contribution in [0.15, 0.2) is 0 Å². The molecule has 1 aliphatic rings. The summed E-state index contributed by atoms with van der Waals surface area (Å²) in [6.07, 6.45) is 0.843. The molecule has 1 heterocycles. The maximum atomic E-state index is 11.3. The van der Waals surface area contributed by atoms with Crippen LogP contribution in [0.2, 0.25) is 0 Å². The third-order valence-electron chi connectivity index (χ3n) is 3.25. The average molecular weight is 242 g/mol. The molecule has 98 valence electrons. The topological polar surface area (TPSA) is 60.9 Å². The second kappa shape index (κ2) is 6.00. The summed E-state index contributed by atoms with van der Waals surface area (Å²) in [4.78, 5) is 26.3. The van der Waals surface area contributed by atoms with E-state index in [1.54, 1.807) is 11.8 Å². The van der Waals surface area contributed by atoms with Gasteiger partial charge in [-0.1, -0.05) is 13.8 Å². The van der Waals surface area contributed by atoms with E-state index >= 15 is 0 Å². The summed E-state index contributed by atoms with van der Waals surface area (Å²) in [6.45, 7) is 8.17. The van der Waals surface area contributed by atoms with E-state index in [2.05, 4.69) is 0 Å². The Morgan fingerprint density at radius 3 is 2.24 bits per heavy atom. The number of amides is 1.